The van der Waals surface area contributed by atoms with Gasteiger partial charge in [0.1, 0.15) is 6.04 Å². The van der Waals surface area contributed by atoms with E-state index in [0.29, 0.717) is 32.1 Å². The zero-order valence-electron chi connectivity index (χ0n) is 11.4. The average molecular weight is 267 g/mol. The molecule has 1 fully saturated rings. The number of nitrogens with two attached hydrogens (primary N) is 1. The van der Waals surface area contributed by atoms with Gasteiger partial charge in [-0.1, -0.05) is 13.8 Å². The Labute approximate surface area is 107 Å². The number of rotatable bonds is 4. The van der Waals surface area contributed by atoms with Crippen LogP contribution in [0, 0.1) is 5.92 Å². The van der Waals surface area contributed by atoms with E-state index >= 15 is 0 Å². The fourth-order valence-corrected chi connectivity index (χ4v) is 2.58. The Morgan fingerprint density at radius 1 is 1.06 bits per heavy atom. The fourth-order valence-electron chi connectivity index (χ4n) is 2.58. The first-order chi connectivity index (χ1) is 8.21. The zero-order chi connectivity index (χ0) is 13.9. The van der Waals surface area contributed by atoms with Crippen LogP contribution in [0.15, 0.2) is 0 Å². The van der Waals surface area contributed by atoms with Crippen molar-refractivity contribution in [3.63, 3.8) is 0 Å². The summed E-state index contributed by atoms with van der Waals surface area (Å²) in [4.78, 5) is 3.69. The summed E-state index contributed by atoms with van der Waals surface area (Å²) in [6, 6.07) is -2.40. The Morgan fingerprint density at radius 2 is 1.56 bits per heavy atom. The first-order valence-corrected chi connectivity index (χ1v) is 6.50. The molecule has 2 N–H and O–H groups in total. The molecular formula is C12H24F3N3. The maximum Gasteiger partial charge on any atom is 0.405 e. The van der Waals surface area contributed by atoms with Crippen LogP contribution < -0.4 is 5.73 Å². The number of alkyl halides is 3. The first-order valence-electron chi connectivity index (χ1n) is 6.50. The maximum absolute atomic E-state index is 12.9. The second-order valence-corrected chi connectivity index (χ2v) is 5.58. The highest BCUT2D eigenvalue weighted by atomic mass is 19.4. The third kappa shape index (κ3) is 4.40. The molecule has 1 aliphatic rings. The minimum absolute atomic E-state index is 0.443. The Kier molecular flexibility index (Phi) is 5.43. The fraction of sp³-hybridized carbons (Fsp3) is 1.00. The van der Waals surface area contributed by atoms with Crippen LogP contribution in [0.25, 0.3) is 0 Å². The molecule has 3 nitrogen and oxygen atoms in total. The standard InChI is InChI=1S/C12H24F3N3/c1-9(2)8-17-4-6-18(7-5-17)11(10(3)16)12(13,14)15/h9-11H,4-8,16H2,1-3H3. The van der Waals surface area contributed by atoms with Crippen molar-refractivity contribution in [2.75, 3.05) is 32.7 Å². The van der Waals surface area contributed by atoms with Gasteiger partial charge in [-0.2, -0.15) is 13.2 Å². The largest absolute Gasteiger partial charge is 0.405 e. The Morgan fingerprint density at radius 3 is 1.89 bits per heavy atom. The van der Waals surface area contributed by atoms with Crippen LogP contribution >= 0.6 is 0 Å². The first kappa shape index (κ1) is 15.7. The molecular weight excluding hydrogens is 243 g/mol. The van der Waals surface area contributed by atoms with Gasteiger partial charge in [0.25, 0.3) is 0 Å². The van der Waals surface area contributed by atoms with E-state index < -0.39 is 18.3 Å². The predicted molar refractivity (Wildman–Crippen MR) is 66.3 cm³/mol. The van der Waals surface area contributed by atoms with E-state index in [1.807, 2.05) is 0 Å². The lowest BCUT2D eigenvalue weighted by Crippen LogP contribution is -2.60. The lowest BCUT2D eigenvalue weighted by atomic mass is 10.1. The van der Waals surface area contributed by atoms with E-state index in [0.717, 1.165) is 6.54 Å². The number of piperazine rings is 1. The van der Waals surface area contributed by atoms with Crippen molar-refractivity contribution in [2.45, 2.75) is 39.0 Å². The molecule has 1 rings (SSSR count). The lowest BCUT2D eigenvalue weighted by molar-refractivity contribution is -0.192. The van der Waals surface area contributed by atoms with E-state index in [9.17, 15) is 13.2 Å². The van der Waals surface area contributed by atoms with Gasteiger partial charge in [0.05, 0.1) is 0 Å². The molecule has 18 heavy (non-hydrogen) atoms. The number of nitrogens with zero attached hydrogens (tertiary/aromatic N) is 2. The molecule has 1 aliphatic heterocycles. The smallest absolute Gasteiger partial charge is 0.326 e. The summed E-state index contributed by atoms with van der Waals surface area (Å²) >= 11 is 0. The van der Waals surface area contributed by atoms with Gasteiger partial charge in [-0.25, -0.2) is 0 Å². The molecule has 1 saturated heterocycles. The second-order valence-electron chi connectivity index (χ2n) is 5.58. The van der Waals surface area contributed by atoms with Crippen molar-refractivity contribution in [1.29, 1.82) is 0 Å². The van der Waals surface area contributed by atoms with Gasteiger partial charge in [-0.3, -0.25) is 4.90 Å². The Balaban J connectivity index is 2.55. The van der Waals surface area contributed by atoms with Crippen molar-refractivity contribution in [2.24, 2.45) is 11.7 Å². The molecule has 0 aromatic heterocycles. The highest BCUT2D eigenvalue weighted by Crippen LogP contribution is 2.27. The van der Waals surface area contributed by atoms with Crippen molar-refractivity contribution < 1.29 is 13.2 Å². The predicted octanol–water partition coefficient (Wildman–Crippen LogP) is 1.54. The molecule has 1 heterocycles. The molecule has 2 atom stereocenters. The molecule has 6 heteroatoms. The maximum atomic E-state index is 12.9. The normalized spacial score (nSPS) is 23.3. The van der Waals surface area contributed by atoms with Crippen LogP contribution in [0.1, 0.15) is 20.8 Å². The molecule has 108 valence electrons. The van der Waals surface area contributed by atoms with Crippen LogP contribution in [0.4, 0.5) is 13.2 Å². The minimum atomic E-state index is -4.24. The van der Waals surface area contributed by atoms with Gasteiger partial charge in [0.15, 0.2) is 0 Å². The molecule has 0 spiro atoms. The molecule has 0 aromatic carbocycles. The summed E-state index contributed by atoms with van der Waals surface area (Å²) in [5, 5.41) is 0. The van der Waals surface area contributed by atoms with Crippen LogP contribution in [0.3, 0.4) is 0 Å². The highest BCUT2D eigenvalue weighted by molar-refractivity contribution is 4.88. The second kappa shape index (κ2) is 6.21. The minimum Gasteiger partial charge on any atom is -0.326 e. The lowest BCUT2D eigenvalue weighted by Gasteiger charge is -2.41. The molecule has 0 aliphatic carbocycles. The van der Waals surface area contributed by atoms with Gasteiger partial charge in [-0.15, -0.1) is 0 Å². The summed E-state index contributed by atoms with van der Waals surface area (Å²) in [5.41, 5.74) is 5.49. The Bertz CT molecular complexity index is 245. The van der Waals surface area contributed by atoms with E-state index in [-0.39, 0.29) is 0 Å². The summed E-state index contributed by atoms with van der Waals surface area (Å²) in [6.45, 7) is 8.88. The molecule has 0 bridgehead atoms. The van der Waals surface area contributed by atoms with E-state index in [2.05, 4.69) is 18.7 Å². The van der Waals surface area contributed by atoms with Crippen LogP contribution in [0.2, 0.25) is 0 Å². The number of hydrogen-bond donors (Lipinski definition) is 1. The van der Waals surface area contributed by atoms with Crippen molar-refractivity contribution >= 4 is 0 Å². The van der Waals surface area contributed by atoms with Crippen molar-refractivity contribution in [3.05, 3.63) is 0 Å². The highest BCUT2D eigenvalue weighted by Gasteiger charge is 2.46. The van der Waals surface area contributed by atoms with Gasteiger partial charge >= 0.3 is 6.18 Å². The van der Waals surface area contributed by atoms with E-state index in [1.54, 1.807) is 0 Å². The quantitative estimate of drug-likeness (QED) is 0.838. The summed E-state index contributed by atoms with van der Waals surface area (Å²) < 4.78 is 38.8. The van der Waals surface area contributed by atoms with Gasteiger partial charge in [0.2, 0.25) is 0 Å². The Hall–Kier alpha value is -0.330. The zero-order valence-corrected chi connectivity index (χ0v) is 11.4. The van der Waals surface area contributed by atoms with Gasteiger partial charge in [-0.05, 0) is 12.8 Å². The molecule has 2 unspecified atom stereocenters. The SMILES string of the molecule is CC(C)CN1CCN(C(C(C)N)C(F)(F)F)CC1. The molecule has 0 saturated carbocycles. The van der Waals surface area contributed by atoms with E-state index in [4.69, 9.17) is 5.73 Å². The molecule has 0 radical (unpaired) electrons. The molecule has 0 amide bonds. The number of halogens is 3. The van der Waals surface area contributed by atoms with E-state index in [1.165, 1.54) is 11.8 Å². The van der Waals surface area contributed by atoms with Crippen LogP contribution in [0.5, 0.6) is 0 Å². The van der Waals surface area contributed by atoms with Crippen molar-refractivity contribution in [1.82, 2.24) is 9.80 Å². The molecule has 0 aromatic rings. The third-order valence-electron chi connectivity index (χ3n) is 3.26. The van der Waals surface area contributed by atoms with Crippen LogP contribution in [-0.2, 0) is 0 Å². The van der Waals surface area contributed by atoms with Crippen LogP contribution in [-0.4, -0.2) is 60.8 Å². The summed E-state index contributed by atoms with van der Waals surface area (Å²) in [5.74, 6) is 0.545. The monoisotopic (exact) mass is 267 g/mol. The van der Waals surface area contributed by atoms with Gasteiger partial charge in [0, 0.05) is 38.8 Å². The summed E-state index contributed by atoms with van der Waals surface area (Å²) in [7, 11) is 0. The van der Waals surface area contributed by atoms with Gasteiger partial charge < -0.3 is 10.6 Å². The summed E-state index contributed by atoms with van der Waals surface area (Å²) in [6.07, 6.45) is -4.24. The average Bonchev–Trinajstić information content (AvgIpc) is 2.17. The van der Waals surface area contributed by atoms with Crippen molar-refractivity contribution in [3.8, 4) is 0 Å². The third-order valence-corrected chi connectivity index (χ3v) is 3.26. The number of hydrogen-bond acceptors (Lipinski definition) is 3. The topological polar surface area (TPSA) is 32.5 Å².